The fraction of sp³-hybridized carbons (Fsp3) is 0.538. The molecule has 5 nitrogen and oxygen atoms in total. The average molecular weight is 394 g/mol. The van der Waals surface area contributed by atoms with E-state index in [-0.39, 0.29) is 4.90 Å². The van der Waals surface area contributed by atoms with E-state index >= 15 is 0 Å². The molecule has 1 saturated heterocycles. The minimum Gasteiger partial charge on any atom is -0.326 e. The Labute approximate surface area is 138 Å². The number of sulfonamides is 1. The predicted molar refractivity (Wildman–Crippen MR) is 91.0 cm³/mol. The van der Waals surface area contributed by atoms with Crippen LogP contribution in [0, 0.1) is 0 Å². The number of nitrogens with zero attached hydrogens (tertiary/aromatic N) is 1. The highest BCUT2D eigenvalue weighted by Crippen LogP contribution is 2.23. The number of nitrogens with two attached hydrogens (primary N) is 1. The van der Waals surface area contributed by atoms with Crippen LogP contribution in [0.1, 0.15) is 5.56 Å². The highest BCUT2D eigenvalue weighted by atomic mass is 79.9. The van der Waals surface area contributed by atoms with Gasteiger partial charge in [0.15, 0.2) is 0 Å². The number of hydrogen-bond acceptors (Lipinski definition) is 5. The molecule has 1 aromatic rings. The third-order valence-corrected chi connectivity index (χ3v) is 6.74. The van der Waals surface area contributed by atoms with Crippen LogP contribution in [-0.4, -0.2) is 51.0 Å². The zero-order chi connectivity index (χ0) is 15.3. The van der Waals surface area contributed by atoms with Crippen molar-refractivity contribution in [1.82, 2.24) is 9.62 Å². The molecule has 3 N–H and O–H groups in total. The SMILES string of the molecule is NCc1ccc(Br)c(S(=O)(=O)NCCN2CCSCC2)c1. The smallest absolute Gasteiger partial charge is 0.241 e. The highest BCUT2D eigenvalue weighted by Gasteiger charge is 2.18. The van der Waals surface area contributed by atoms with Crippen molar-refractivity contribution in [2.24, 2.45) is 5.73 Å². The van der Waals surface area contributed by atoms with Crippen LogP contribution in [0.15, 0.2) is 27.6 Å². The quantitative estimate of drug-likeness (QED) is 0.759. The lowest BCUT2D eigenvalue weighted by Gasteiger charge is -2.26. The molecule has 1 fully saturated rings. The van der Waals surface area contributed by atoms with Gasteiger partial charge in [0.2, 0.25) is 10.0 Å². The van der Waals surface area contributed by atoms with Crippen molar-refractivity contribution in [3.8, 4) is 0 Å². The van der Waals surface area contributed by atoms with Gasteiger partial charge in [-0.25, -0.2) is 13.1 Å². The van der Waals surface area contributed by atoms with Gasteiger partial charge in [-0.3, -0.25) is 0 Å². The van der Waals surface area contributed by atoms with Crippen molar-refractivity contribution >= 4 is 37.7 Å². The maximum Gasteiger partial charge on any atom is 0.241 e. The fourth-order valence-corrected chi connectivity index (χ4v) is 5.13. The van der Waals surface area contributed by atoms with E-state index in [0.29, 0.717) is 17.6 Å². The van der Waals surface area contributed by atoms with Crippen molar-refractivity contribution in [3.05, 3.63) is 28.2 Å². The molecule has 1 heterocycles. The van der Waals surface area contributed by atoms with E-state index in [0.717, 1.165) is 36.7 Å². The summed E-state index contributed by atoms with van der Waals surface area (Å²) in [5.41, 5.74) is 6.37. The van der Waals surface area contributed by atoms with Gasteiger partial charge in [0.1, 0.15) is 0 Å². The first-order valence-electron chi connectivity index (χ1n) is 6.81. The van der Waals surface area contributed by atoms with Gasteiger partial charge in [-0.1, -0.05) is 6.07 Å². The van der Waals surface area contributed by atoms with Crippen LogP contribution >= 0.6 is 27.7 Å². The van der Waals surface area contributed by atoms with E-state index in [1.165, 1.54) is 0 Å². The van der Waals surface area contributed by atoms with Gasteiger partial charge >= 0.3 is 0 Å². The Balaban J connectivity index is 1.97. The van der Waals surface area contributed by atoms with E-state index in [4.69, 9.17) is 5.73 Å². The highest BCUT2D eigenvalue weighted by molar-refractivity contribution is 9.10. The molecule has 8 heteroatoms. The largest absolute Gasteiger partial charge is 0.326 e. The third-order valence-electron chi connectivity index (χ3n) is 3.34. The summed E-state index contributed by atoms with van der Waals surface area (Å²) >= 11 is 5.23. The van der Waals surface area contributed by atoms with E-state index in [1.54, 1.807) is 12.1 Å². The molecule has 0 unspecified atom stereocenters. The standard InChI is InChI=1S/C13H20BrN3O2S2/c14-12-2-1-11(10-15)9-13(12)21(18,19)16-3-4-17-5-7-20-8-6-17/h1-2,9,16H,3-8,10,15H2. The van der Waals surface area contributed by atoms with Crippen LogP contribution < -0.4 is 10.5 Å². The molecule has 118 valence electrons. The first-order chi connectivity index (χ1) is 10.0. The van der Waals surface area contributed by atoms with Crippen LogP contribution in [0.2, 0.25) is 0 Å². The zero-order valence-electron chi connectivity index (χ0n) is 11.7. The maximum absolute atomic E-state index is 12.4. The molecule has 0 saturated carbocycles. The Hall–Kier alpha value is -0.120. The van der Waals surface area contributed by atoms with Gasteiger partial charge in [0.25, 0.3) is 0 Å². The summed E-state index contributed by atoms with van der Waals surface area (Å²) in [4.78, 5) is 2.53. The predicted octanol–water partition coefficient (Wildman–Crippen LogP) is 1.23. The van der Waals surface area contributed by atoms with Crippen molar-refractivity contribution in [2.45, 2.75) is 11.4 Å². The molecule has 0 aromatic heterocycles. The lowest BCUT2D eigenvalue weighted by atomic mass is 10.2. The number of hydrogen-bond donors (Lipinski definition) is 2. The second-order valence-corrected chi connectivity index (χ2v) is 8.64. The molecule has 0 atom stereocenters. The molecule has 2 rings (SSSR count). The Kier molecular flexibility index (Phi) is 6.51. The number of benzene rings is 1. The maximum atomic E-state index is 12.4. The molecule has 0 aliphatic carbocycles. The molecule has 21 heavy (non-hydrogen) atoms. The van der Waals surface area contributed by atoms with Crippen LogP contribution in [0.5, 0.6) is 0 Å². The topological polar surface area (TPSA) is 75.4 Å². The second kappa shape index (κ2) is 7.94. The molecule has 0 bridgehead atoms. The van der Waals surface area contributed by atoms with Gasteiger partial charge in [0.05, 0.1) is 4.90 Å². The second-order valence-electron chi connectivity index (χ2n) is 4.82. The van der Waals surface area contributed by atoms with Crippen LogP contribution in [0.4, 0.5) is 0 Å². The first kappa shape index (κ1) is 17.2. The minimum absolute atomic E-state index is 0.250. The lowest BCUT2D eigenvalue weighted by molar-refractivity contribution is 0.307. The molecular weight excluding hydrogens is 374 g/mol. The summed E-state index contributed by atoms with van der Waals surface area (Å²) in [7, 11) is -3.51. The first-order valence-corrected chi connectivity index (χ1v) is 10.2. The molecule has 0 radical (unpaired) electrons. The average Bonchev–Trinajstić information content (AvgIpc) is 2.48. The summed E-state index contributed by atoms with van der Waals surface area (Å²) in [5.74, 6) is 2.24. The number of halogens is 1. The Bertz CT molecular complexity index is 575. The summed E-state index contributed by atoms with van der Waals surface area (Å²) in [5, 5.41) is 0. The van der Waals surface area contributed by atoms with E-state index in [1.807, 2.05) is 17.8 Å². The third kappa shape index (κ3) is 4.94. The lowest BCUT2D eigenvalue weighted by Crippen LogP contribution is -2.39. The molecular formula is C13H20BrN3O2S2. The summed E-state index contributed by atoms with van der Waals surface area (Å²) < 4.78 is 27.9. The summed E-state index contributed by atoms with van der Waals surface area (Å²) in [6, 6.07) is 5.15. The number of nitrogens with one attached hydrogen (secondary N) is 1. The Morgan fingerprint density at radius 1 is 1.33 bits per heavy atom. The van der Waals surface area contributed by atoms with Gasteiger partial charge < -0.3 is 10.6 Å². The Morgan fingerprint density at radius 3 is 2.71 bits per heavy atom. The van der Waals surface area contributed by atoms with Crippen molar-refractivity contribution in [3.63, 3.8) is 0 Å². The molecule has 1 aliphatic rings. The zero-order valence-corrected chi connectivity index (χ0v) is 14.9. The molecule has 1 aliphatic heterocycles. The summed E-state index contributed by atoms with van der Waals surface area (Å²) in [6.07, 6.45) is 0. The number of rotatable bonds is 6. The van der Waals surface area contributed by atoms with Crippen LogP contribution in [0.25, 0.3) is 0 Å². The van der Waals surface area contributed by atoms with Gasteiger partial charge in [-0.2, -0.15) is 11.8 Å². The number of thioether (sulfide) groups is 1. The minimum atomic E-state index is -3.51. The molecule has 0 amide bonds. The van der Waals surface area contributed by atoms with E-state index in [2.05, 4.69) is 25.6 Å². The van der Waals surface area contributed by atoms with Crippen molar-refractivity contribution in [1.29, 1.82) is 0 Å². The van der Waals surface area contributed by atoms with Crippen molar-refractivity contribution < 1.29 is 8.42 Å². The van der Waals surface area contributed by atoms with E-state index in [9.17, 15) is 8.42 Å². The Morgan fingerprint density at radius 2 is 2.05 bits per heavy atom. The fourth-order valence-electron chi connectivity index (χ4n) is 2.12. The van der Waals surface area contributed by atoms with Crippen LogP contribution in [0.3, 0.4) is 0 Å². The van der Waals surface area contributed by atoms with Crippen LogP contribution in [-0.2, 0) is 16.6 Å². The normalized spacial score (nSPS) is 17.0. The van der Waals surface area contributed by atoms with Crippen molar-refractivity contribution in [2.75, 3.05) is 37.7 Å². The van der Waals surface area contributed by atoms with Gasteiger partial charge in [-0.05, 0) is 33.6 Å². The molecule has 1 aromatic carbocycles. The van der Waals surface area contributed by atoms with Gasteiger partial charge in [0, 0.05) is 48.7 Å². The molecule has 0 spiro atoms. The van der Waals surface area contributed by atoms with Gasteiger partial charge in [-0.15, -0.1) is 0 Å². The van der Waals surface area contributed by atoms with E-state index < -0.39 is 10.0 Å². The monoisotopic (exact) mass is 393 g/mol. The summed E-state index contributed by atoms with van der Waals surface area (Å²) in [6.45, 7) is 3.54.